The first kappa shape index (κ1) is 18.7. The van der Waals surface area contributed by atoms with E-state index >= 15 is 0 Å². The molecular formula is C23H23N5O3. The van der Waals surface area contributed by atoms with Crippen molar-refractivity contribution in [3.63, 3.8) is 0 Å². The Balaban J connectivity index is 1.39. The summed E-state index contributed by atoms with van der Waals surface area (Å²) in [5, 5.41) is 2.97. The second kappa shape index (κ2) is 6.70. The zero-order valence-electron chi connectivity index (χ0n) is 17.6. The first-order valence-electron chi connectivity index (χ1n) is 10.5. The van der Waals surface area contributed by atoms with Gasteiger partial charge in [-0.25, -0.2) is 15.0 Å². The first-order valence-corrected chi connectivity index (χ1v) is 10.5. The van der Waals surface area contributed by atoms with Crippen LogP contribution in [0, 0.1) is 6.92 Å². The van der Waals surface area contributed by atoms with E-state index in [9.17, 15) is 0 Å². The van der Waals surface area contributed by atoms with Gasteiger partial charge in [0.2, 0.25) is 5.88 Å². The third-order valence-corrected chi connectivity index (χ3v) is 6.24. The minimum Gasteiger partial charge on any atom is -0.471 e. The molecule has 0 radical (unpaired) electrons. The highest BCUT2D eigenvalue weighted by molar-refractivity contribution is 5.85. The molecule has 0 amide bonds. The summed E-state index contributed by atoms with van der Waals surface area (Å²) in [6, 6.07) is 6.00. The Labute approximate surface area is 179 Å². The summed E-state index contributed by atoms with van der Waals surface area (Å²) in [6.45, 7) is 5.88. The van der Waals surface area contributed by atoms with E-state index in [1.807, 2.05) is 32.9 Å². The van der Waals surface area contributed by atoms with Crippen molar-refractivity contribution >= 4 is 21.8 Å². The zero-order chi connectivity index (χ0) is 21.2. The van der Waals surface area contributed by atoms with E-state index in [-0.39, 0.29) is 24.4 Å². The highest BCUT2D eigenvalue weighted by Crippen LogP contribution is 2.46. The molecule has 1 saturated heterocycles. The van der Waals surface area contributed by atoms with Crippen molar-refractivity contribution in [3.8, 4) is 5.88 Å². The summed E-state index contributed by atoms with van der Waals surface area (Å²) < 4.78 is 21.3. The van der Waals surface area contributed by atoms with Crippen molar-refractivity contribution in [2.75, 3.05) is 0 Å². The molecule has 1 aliphatic heterocycles. The molecule has 6 rings (SSSR count). The molecule has 1 unspecified atom stereocenters. The molecule has 158 valence electrons. The molecule has 31 heavy (non-hydrogen) atoms. The van der Waals surface area contributed by atoms with E-state index in [2.05, 4.69) is 36.8 Å². The number of ether oxygens (including phenoxy) is 3. The van der Waals surface area contributed by atoms with E-state index in [1.54, 1.807) is 24.9 Å². The number of aryl methyl sites for hydroxylation is 1. The zero-order valence-corrected chi connectivity index (χ0v) is 17.6. The van der Waals surface area contributed by atoms with Gasteiger partial charge >= 0.3 is 0 Å². The molecule has 2 fully saturated rings. The van der Waals surface area contributed by atoms with Crippen molar-refractivity contribution in [2.24, 2.45) is 0 Å². The van der Waals surface area contributed by atoms with Crippen molar-refractivity contribution in [2.45, 2.75) is 57.3 Å². The summed E-state index contributed by atoms with van der Waals surface area (Å²) >= 11 is 0. The van der Waals surface area contributed by atoms with Crippen LogP contribution in [0.25, 0.3) is 21.8 Å². The predicted octanol–water partition coefficient (Wildman–Crippen LogP) is 3.60. The number of nitrogens with zero attached hydrogens (tertiary/aromatic N) is 5. The average Bonchev–Trinajstić information content (AvgIpc) is 3.41. The molecule has 1 saturated carbocycles. The van der Waals surface area contributed by atoms with E-state index in [0.717, 1.165) is 33.9 Å². The molecule has 8 heteroatoms. The number of pyridine rings is 2. The fourth-order valence-electron chi connectivity index (χ4n) is 4.88. The number of hydrogen-bond acceptors (Lipinski definition) is 7. The highest BCUT2D eigenvalue weighted by atomic mass is 16.8. The maximum atomic E-state index is 6.46. The minimum atomic E-state index is -0.683. The van der Waals surface area contributed by atoms with Crippen LogP contribution in [0.3, 0.4) is 0 Å². The van der Waals surface area contributed by atoms with Gasteiger partial charge in [0, 0.05) is 36.6 Å². The van der Waals surface area contributed by atoms with E-state index < -0.39 is 5.79 Å². The fourth-order valence-corrected chi connectivity index (χ4v) is 4.88. The summed E-state index contributed by atoms with van der Waals surface area (Å²) in [6.07, 6.45) is 9.13. The maximum absolute atomic E-state index is 6.46. The van der Waals surface area contributed by atoms with Crippen molar-refractivity contribution in [1.29, 1.82) is 0 Å². The number of rotatable bonds is 3. The van der Waals surface area contributed by atoms with Crippen molar-refractivity contribution in [3.05, 3.63) is 55.0 Å². The van der Waals surface area contributed by atoms with E-state index in [4.69, 9.17) is 14.2 Å². The van der Waals surface area contributed by atoms with Crippen LogP contribution in [0.5, 0.6) is 5.88 Å². The van der Waals surface area contributed by atoms with Crippen LogP contribution in [0.2, 0.25) is 0 Å². The Kier molecular flexibility index (Phi) is 4.03. The Hall–Kier alpha value is -3.10. The standard InChI is InChI=1S/C23H23N5O3/c1-13-15-6-9-28(21(15)27-12-26-13)17-10-18(20-19(17)30-23(2,3)31-20)29-22-16-11-24-7-4-14(16)5-8-25-22/h4-9,11-12,17-20H,10H2,1-3H3/t17-,18+,19?,20-/m1/s1. The summed E-state index contributed by atoms with van der Waals surface area (Å²) in [5.74, 6) is -0.115. The van der Waals surface area contributed by atoms with Gasteiger partial charge in [0.05, 0.1) is 17.1 Å². The lowest BCUT2D eigenvalue weighted by Gasteiger charge is -2.24. The second-order valence-corrected chi connectivity index (χ2v) is 8.66. The van der Waals surface area contributed by atoms with Gasteiger partial charge in [-0.2, -0.15) is 0 Å². The SMILES string of the molecule is Cc1ncnc2c1ccn2[C@@H]1C[C@H](Oc2nccc3ccncc23)[C@H]2OC(C)(C)OC12. The van der Waals surface area contributed by atoms with Gasteiger partial charge in [-0.15, -0.1) is 0 Å². The Bertz CT molecular complexity index is 1280. The van der Waals surface area contributed by atoms with Crippen LogP contribution in [0.15, 0.2) is 49.3 Å². The molecule has 1 aliphatic carbocycles. The molecule has 4 aromatic rings. The molecule has 0 bridgehead atoms. The molecule has 5 heterocycles. The second-order valence-electron chi connectivity index (χ2n) is 8.66. The molecule has 0 aromatic carbocycles. The quantitative estimate of drug-likeness (QED) is 0.504. The van der Waals surface area contributed by atoms with Gasteiger partial charge in [-0.1, -0.05) is 0 Å². The first-order chi connectivity index (χ1) is 15.0. The largest absolute Gasteiger partial charge is 0.471 e. The van der Waals surface area contributed by atoms with E-state index in [1.165, 1.54) is 0 Å². The van der Waals surface area contributed by atoms with Gasteiger partial charge < -0.3 is 18.8 Å². The molecular weight excluding hydrogens is 394 g/mol. The minimum absolute atomic E-state index is 0.0247. The van der Waals surface area contributed by atoms with Gasteiger partial charge in [0.1, 0.15) is 30.3 Å². The highest BCUT2D eigenvalue weighted by Gasteiger charge is 2.56. The van der Waals surface area contributed by atoms with Crippen molar-refractivity contribution in [1.82, 2.24) is 24.5 Å². The van der Waals surface area contributed by atoms with Crippen LogP contribution in [-0.2, 0) is 9.47 Å². The lowest BCUT2D eigenvalue weighted by atomic mass is 10.2. The summed E-state index contributed by atoms with van der Waals surface area (Å²) in [4.78, 5) is 17.6. The number of aromatic nitrogens is 5. The maximum Gasteiger partial charge on any atom is 0.223 e. The monoisotopic (exact) mass is 417 g/mol. The van der Waals surface area contributed by atoms with E-state index in [0.29, 0.717) is 5.88 Å². The normalized spacial score (nSPS) is 27.1. The third kappa shape index (κ3) is 2.97. The Morgan fingerprint density at radius 1 is 1.03 bits per heavy atom. The van der Waals surface area contributed by atoms with Gasteiger partial charge in [0.25, 0.3) is 0 Å². The lowest BCUT2D eigenvalue weighted by Crippen LogP contribution is -2.33. The molecule has 0 spiro atoms. The van der Waals surface area contributed by atoms with Gasteiger partial charge in [-0.05, 0) is 44.4 Å². The topological polar surface area (TPSA) is 84.2 Å². The average molecular weight is 417 g/mol. The van der Waals surface area contributed by atoms with Crippen LogP contribution in [0.4, 0.5) is 0 Å². The lowest BCUT2D eigenvalue weighted by molar-refractivity contribution is -0.163. The summed E-state index contributed by atoms with van der Waals surface area (Å²) in [5.41, 5.74) is 1.86. The van der Waals surface area contributed by atoms with Crippen molar-refractivity contribution < 1.29 is 14.2 Å². The van der Waals surface area contributed by atoms with Gasteiger partial charge in [-0.3, -0.25) is 4.98 Å². The Morgan fingerprint density at radius 3 is 2.77 bits per heavy atom. The molecule has 0 N–H and O–H groups in total. The molecule has 8 nitrogen and oxygen atoms in total. The number of fused-ring (bicyclic) bond motifs is 3. The van der Waals surface area contributed by atoms with Crippen LogP contribution < -0.4 is 4.74 Å². The Morgan fingerprint density at radius 2 is 1.87 bits per heavy atom. The molecule has 4 atom stereocenters. The molecule has 2 aliphatic rings. The van der Waals surface area contributed by atoms with Crippen LogP contribution in [-0.4, -0.2) is 48.6 Å². The van der Waals surface area contributed by atoms with Crippen LogP contribution in [0.1, 0.15) is 32.0 Å². The summed E-state index contributed by atoms with van der Waals surface area (Å²) in [7, 11) is 0. The smallest absolute Gasteiger partial charge is 0.223 e. The predicted molar refractivity (Wildman–Crippen MR) is 114 cm³/mol. The number of hydrogen-bond donors (Lipinski definition) is 0. The molecule has 4 aromatic heterocycles. The van der Waals surface area contributed by atoms with Gasteiger partial charge in [0.15, 0.2) is 5.79 Å². The third-order valence-electron chi connectivity index (χ3n) is 6.24. The van der Waals surface area contributed by atoms with Crippen LogP contribution >= 0.6 is 0 Å². The fraction of sp³-hybridized carbons (Fsp3) is 0.391.